The molecule has 3 aromatic rings. The lowest BCUT2D eigenvalue weighted by molar-refractivity contribution is 0.473. The molecular formula is C24H22ClNO2. The lowest BCUT2D eigenvalue weighted by Gasteiger charge is -2.10. The van der Waals surface area contributed by atoms with Crippen LogP contribution < -0.4 is 9.47 Å². The molecule has 4 heteroatoms. The Hall–Kier alpha value is -3.04. The van der Waals surface area contributed by atoms with Crippen LogP contribution in [0.5, 0.6) is 11.5 Å². The van der Waals surface area contributed by atoms with Crippen LogP contribution in [0.3, 0.4) is 0 Å². The summed E-state index contributed by atoms with van der Waals surface area (Å²) in [6.07, 6.45) is 1.65. The third-order valence-corrected chi connectivity index (χ3v) is 4.27. The van der Waals surface area contributed by atoms with Gasteiger partial charge in [-0.25, -0.2) is 4.99 Å². The molecule has 0 aromatic heterocycles. The van der Waals surface area contributed by atoms with E-state index in [4.69, 9.17) is 21.1 Å². The molecule has 0 heterocycles. The highest BCUT2D eigenvalue weighted by Gasteiger charge is 2.08. The molecule has 0 spiro atoms. The van der Waals surface area contributed by atoms with Gasteiger partial charge < -0.3 is 9.47 Å². The monoisotopic (exact) mass is 391 g/mol. The van der Waals surface area contributed by atoms with Crippen molar-refractivity contribution < 1.29 is 9.47 Å². The molecule has 0 saturated carbocycles. The van der Waals surface area contributed by atoms with Gasteiger partial charge in [0, 0.05) is 10.6 Å². The van der Waals surface area contributed by atoms with E-state index in [1.54, 1.807) is 30.5 Å². The number of hydrogen-bond donors (Lipinski definition) is 0. The van der Waals surface area contributed by atoms with Crippen LogP contribution in [0.4, 0.5) is 5.69 Å². The fraction of sp³-hybridized carbons (Fsp3) is 0.125. The minimum Gasteiger partial charge on any atom is -0.465 e. The van der Waals surface area contributed by atoms with Crippen molar-refractivity contribution in [2.75, 3.05) is 0 Å². The summed E-state index contributed by atoms with van der Waals surface area (Å²) in [4.78, 5) is 4.66. The van der Waals surface area contributed by atoms with Gasteiger partial charge in [0.25, 0.3) is 0 Å². The number of benzene rings is 3. The van der Waals surface area contributed by atoms with Crippen LogP contribution in [0.2, 0.25) is 5.02 Å². The second-order valence-electron chi connectivity index (χ2n) is 6.54. The van der Waals surface area contributed by atoms with Crippen molar-refractivity contribution in [1.29, 1.82) is 0 Å². The largest absolute Gasteiger partial charge is 0.465 e. The maximum atomic E-state index is 6.02. The highest BCUT2D eigenvalue weighted by atomic mass is 35.5. The molecule has 28 heavy (non-hydrogen) atoms. The average molecular weight is 392 g/mol. The van der Waals surface area contributed by atoms with Crippen LogP contribution in [0.1, 0.15) is 18.1 Å². The van der Waals surface area contributed by atoms with Gasteiger partial charge in [0.15, 0.2) is 0 Å². The first kappa shape index (κ1) is 19.7. The normalized spacial score (nSPS) is 12.0. The number of halogens is 1. The predicted octanol–water partition coefficient (Wildman–Crippen LogP) is 7.05. The number of rotatable bonds is 5. The average Bonchev–Trinajstić information content (AvgIpc) is 2.70. The summed E-state index contributed by atoms with van der Waals surface area (Å²) in [5, 5.41) is 0.652. The number of nitrogens with zero attached hydrogens (tertiary/aromatic N) is 1. The Morgan fingerprint density at radius 3 is 1.93 bits per heavy atom. The van der Waals surface area contributed by atoms with E-state index < -0.39 is 0 Å². The van der Waals surface area contributed by atoms with Gasteiger partial charge in [-0.1, -0.05) is 47.0 Å². The number of hydrogen-bond acceptors (Lipinski definition) is 3. The van der Waals surface area contributed by atoms with Crippen molar-refractivity contribution in [3.8, 4) is 11.5 Å². The third-order valence-electron chi connectivity index (χ3n) is 4.02. The van der Waals surface area contributed by atoms with E-state index >= 15 is 0 Å². The van der Waals surface area contributed by atoms with E-state index in [0.717, 1.165) is 17.0 Å². The van der Waals surface area contributed by atoms with Gasteiger partial charge in [0.05, 0.1) is 11.9 Å². The first-order valence-corrected chi connectivity index (χ1v) is 9.37. The standard InChI is InChI=1S/C24H22ClNO2/c1-17-4-10-21(11-5-17)26-24(28-23-14-8-20(25)9-15-23)19(3)16-27-22-12-6-18(2)7-13-22/h4-16H,1-3H3/b19-16+,26-24-. The zero-order chi connectivity index (χ0) is 19.9. The van der Waals surface area contributed by atoms with Crippen LogP contribution in [0.15, 0.2) is 89.6 Å². The molecule has 0 bridgehead atoms. The summed E-state index contributed by atoms with van der Waals surface area (Å²) >= 11 is 5.97. The van der Waals surface area contributed by atoms with Crippen molar-refractivity contribution >= 4 is 23.2 Å². The summed E-state index contributed by atoms with van der Waals surface area (Å²) in [7, 11) is 0. The molecule has 3 rings (SSSR count). The van der Waals surface area contributed by atoms with Gasteiger partial charge >= 0.3 is 0 Å². The van der Waals surface area contributed by atoms with E-state index in [0.29, 0.717) is 16.7 Å². The lowest BCUT2D eigenvalue weighted by atomic mass is 10.2. The Morgan fingerprint density at radius 2 is 1.32 bits per heavy atom. The quantitative estimate of drug-likeness (QED) is 0.265. The molecule has 142 valence electrons. The van der Waals surface area contributed by atoms with E-state index in [1.807, 2.05) is 69.3 Å². The molecule has 0 saturated heterocycles. The number of aliphatic imine (C=N–C) groups is 1. The molecule has 0 radical (unpaired) electrons. The van der Waals surface area contributed by atoms with Crippen LogP contribution in [-0.2, 0) is 0 Å². The van der Waals surface area contributed by atoms with E-state index in [2.05, 4.69) is 4.99 Å². The highest BCUT2D eigenvalue weighted by Crippen LogP contribution is 2.21. The summed E-state index contributed by atoms with van der Waals surface area (Å²) in [6, 6.07) is 23.0. The van der Waals surface area contributed by atoms with Crippen molar-refractivity contribution in [3.05, 3.63) is 101 Å². The molecule has 0 aliphatic carbocycles. The minimum absolute atomic E-state index is 0.457. The number of ether oxygens (including phenoxy) is 2. The summed E-state index contributed by atoms with van der Waals surface area (Å²) in [5.74, 6) is 1.86. The number of aryl methyl sites for hydroxylation is 2. The molecule has 0 aliphatic heterocycles. The Bertz CT molecular complexity index is 973. The predicted molar refractivity (Wildman–Crippen MR) is 116 cm³/mol. The fourth-order valence-corrected chi connectivity index (χ4v) is 2.49. The van der Waals surface area contributed by atoms with Crippen LogP contribution in [0, 0.1) is 13.8 Å². The molecule has 3 nitrogen and oxygen atoms in total. The molecule has 0 amide bonds. The Morgan fingerprint density at radius 1 is 0.786 bits per heavy atom. The van der Waals surface area contributed by atoms with Crippen molar-refractivity contribution in [2.45, 2.75) is 20.8 Å². The molecule has 0 fully saturated rings. The van der Waals surface area contributed by atoms with Gasteiger partial charge in [-0.3, -0.25) is 0 Å². The van der Waals surface area contributed by atoms with Crippen LogP contribution >= 0.6 is 11.6 Å². The van der Waals surface area contributed by atoms with Gasteiger partial charge in [0.2, 0.25) is 5.90 Å². The molecule has 0 unspecified atom stereocenters. The molecule has 0 N–H and O–H groups in total. The topological polar surface area (TPSA) is 30.8 Å². The summed E-state index contributed by atoms with van der Waals surface area (Å²) in [5.41, 5.74) is 3.92. The van der Waals surface area contributed by atoms with Crippen molar-refractivity contribution in [3.63, 3.8) is 0 Å². The second-order valence-corrected chi connectivity index (χ2v) is 6.98. The summed E-state index contributed by atoms with van der Waals surface area (Å²) in [6.45, 7) is 5.98. The van der Waals surface area contributed by atoms with E-state index in [1.165, 1.54) is 11.1 Å². The molecule has 3 aromatic carbocycles. The Balaban J connectivity index is 1.87. The summed E-state index contributed by atoms with van der Waals surface area (Å²) < 4.78 is 11.8. The molecule has 0 atom stereocenters. The first-order chi connectivity index (χ1) is 13.5. The Kier molecular flexibility index (Phi) is 6.51. The molecule has 0 aliphatic rings. The lowest BCUT2D eigenvalue weighted by Crippen LogP contribution is -2.10. The highest BCUT2D eigenvalue weighted by molar-refractivity contribution is 6.30. The molecular weight excluding hydrogens is 370 g/mol. The van der Waals surface area contributed by atoms with Crippen molar-refractivity contribution in [1.82, 2.24) is 0 Å². The van der Waals surface area contributed by atoms with Crippen LogP contribution in [0.25, 0.3) is 0 Å². The smallest absolute Gasteiger partial charge is 0.225 e. The SMILES string of the molecule is CC(=C\Oc1ccc(C)cc1)/C(=N/c1ccc(C)cc1)Oc1ccc(Cl)cc1. The maximum absolute atomic E-state index is 6.02. The fourth-order valence-electron chi connectivity index (χ4n) is 2.37. The maximum Gasteiger partial charge on any atom is 0.225 e. The van der Waals surface area contributed by atoms with Gasteiger partial charge in [-0.2, -0.15) is 0 Å². The zero-order valence-electron chi connectivity index (χ0n) is 16.1. The second kappa shape index (κ2) is 9.25. The van der Waals surface area contributed by atoms with Crippen molar-refractivity contribution in [2.24, 2.45) is 4.99 Å². The van der Waals surface area contributed by atoms with Gasteiger partial charge in [-0.05, 0) is 69.3 Å². The van der Waals surface area contributed by atoms with Gasteiger partial charge in [0.1, 0.15) is 11.5 Å². The zero-order valence-corrected chi connectivity index (χ0v) is 16.9. The third kappa shape index (κ3) is 5.73. The Labute approximate surface area is 170 Å². The van der Waals surface area contributed by atoms with Gasteiger partial charge in [-0.15, -0.1) is 0 Å². The first-order valence-electron chi connectivity index (χ1n) is 8.99. The van der Waals surface area contributed by atoms with E-state index in [-0.39, 0.29) is 0 Å². The van der Waals surface area contributed by atoms with E-state index in [9.17, 15) is 0 Å². The van der Waals surface area contributed by atoms with Crippen LogP contribution in [-0.4, -0.2) is 5.90 Å². The minimum atomic E-state index is 0.457.